The van der Waals surface area contributed by atoms with Gasteiger partial charge in [0.2, 0.25) is 0 Å². The van der Waals surface area contributed by atoms with E-state index in [0.29, 0.717) is 0 Å². The molecule has 9 heavy (non-hydrogen) atoms. The van der Waals surface area contributed by atoms with Crippen LogP contribution in [0, 0.1) is 0 Å². The Balaban J connectivity index is 1.94. The van der Waals surface area contributed by atoms with Crippen molar-refractivity contribution in [2.45, 2.75) is 0 Å². The van der Waals surface area contributed by atoms with Crippen LogP contribution in [0.25, 0.3) is 0 Å². The average Bonchev–Trinajstić information content (AvgIpc) is 2.63. The molecule has 0 spiro atoms. The van der Waals surface area contributed by atoms with Gasteiger partial charge in [0.1, 0.15) is 6.34 Å². The largest absolute Gasteiger partial charge is 0.282 e. The SMILES string of the molecule is C=NNC=NCN1CC1. The first-order chi connectivity index (χ1) is 4.43. The van der Waals surface area contributed by atoms with Crippen molar-refractivity contribution >= 4 is 13.1 Å². The molecule has 0 radical (unpaired) electrons. The Hall–Kier alpha value is -0.900. The Bertz CT molecular complexity index is 116. The zero-order valence-corrected chi connectivity index (χ0v) is 5.25. The maximum absolute atomic E-state index is 3.98. The Morgan fingerprint density at radius 3 is 3.00 bits per heavy atom. The van der Waals surface area contributed by atoms with Crippen molar-refractivity contribution in [2.75, 3.05) is 19.8 Å². The second kappa shape index (κ2) is 3.19. The number of hydrogen-bond donors (Lipinski definition) is 1. The number of hydrazone groups is 1. The zero-order valence-electron chi connectivity index (χ0n) is 5.25. The molecule has 1 fully saturated rings. The minimum absolute atomic E-state index is 0.780. The van der Waals surface area contributed by atoms with Crippen LogP contribution in [0.1, 0.15) is 0 Å². The van der Waals surface area contributed by atoms with E-state index in [-0.39, 0.29) is 0 Å². The molecule has 1 rings (SSSR count). The molecule has 0 saturated carbocycles. The Labute approximate surface area is 54.3 Å². The standard InChI is InChI=1S/C5H10N4/c1-6-8-4-7-5-9-2-3-9/h4H,1-3,5H2,(H,7,8). The summed E-state index contributed by atoms with van der Waals surface area (Å²) in [6.45, 7) is 6.37. The van der Waals surface area contributed by atoms with Crippen molar-refractivity contribution in [3.05, 3.63) is 0 Å². The maximum Gasteiger partial charge on any atom is 0.104 e. The molecule has 0 amide bonds. The molecular formula is C5H10N4. The third-order valence-electron chi connectivity index (χ3n) is 1.06. The molecule has 50 valence electrons. The lowest BCUT2D eigenvalue weighted by Crippen LogP contribution is -2.03. The molecular weight excluding hydrogens is 116 g/mol. The van der Waals surface area contributed by atoms with Gasteiger partial charge in [-0.3, -0.25) is 15.3 Å². The van der Waals surface area contributed by atoms with Gasteiger partial charge in [0.05, 0.1) is 6.67 Å². The van der Waals surface area contributed by atoms with Gasteiger partial charge in [-0.05, 0) is 0 Å². The molecule has 4 heteroatoms. The number of nitrogens with one attached hydrogen (secondary N) is 1. The van der Waals surface area contributed by atoms with Crippen molar-refractivity contribution in [2.24, 2.45) is 10.1 Å². The quantitative estimate of drug-likeness (QED) is 0.238. The Morgan fingerprint density at radius 2 is 2.44 bits per heavy atom. The minimum atomic E-state index is 0.780. The van der Waals surface area contributed by atoms with Crippen LogP contribution in [-0.2, 0) is 0 Å². The van der Waals surface area contributed by atoms with Gasteiger partial charge in [-0.2, -0.15) is 5.10 Å². The summed E-state index contributed by atoms with van der Waals surface area (Å²) < 4.78 is 0. The number of aliphatic imine (C=N–C) groups is 1. The van der Waals surface area contributed by atoms with Crippen molar-refractivity contribution < 1.29 is 0 Å². The summed E-state index contributed by atoms with van der Waals surface area (Å²) in [5.74, 6) is 0. The molecule has 1 saturated heterocycles. The molecule has 0 atom stereocenters. The van der Waals surface area contributed by atoms with Gasteiger partial charge < -0.3 is 0 Å². The Morgan fingerprint density at radius 1 is 1.67 bits per heavy atom. The average molecular weight is 126 g/mol. The molecule has 0 aromatic rings. The number of rotatable bonds is 4. The fraction of sp³-hybridized carbons (Fsp3) is 0.600. The summed E-state index contributed by atoms with van der Waals surface area (Å²) in [5, 5.41) is 3.39. The lowest BCUT2D eigenvalue weighted by atomic mass is 11.0. The fourth-order valence-electron chi connectivity index (χ4n) is 0.450. The third-order valence-corrected chi connectivity index (χ3v) is 1.06. The van der Waals surface area contributed by atoms with E-state index in [1.54, 1.807) is 6.34 Å². The van der Waals surface area contributed by atoms with Gasteiger partial charge in [-0.15, -0.1) is 0 Å². The zero-order chi connectivity index (χ0) is 6.53. The lowest BCUT2D eigenvalue weighted by molar-refractivity contribution is 0.580. The smallest absolute Gasteiger partial charge is 0.104 e. The van der Waals surface area contributed by atoms with Gasteiger partial charge in [-0.25, -0.2) is 0 Å². The molecule has 0 aromatic heterocycles. The second-order valence-corrected chi connectivity index (χ2v) is 1.86. The molecule has 0 aromatic carbocycles. The van der Waals surface area contributed by atoms with Gasteiger partial charge in [0.15, 0.2) is 0 Å². The summed E-state index contributed by atoms with van der Waals surface area (Å²) in [5.41, 5.74) is 2.53. The first kappa shape index (κ1) is 6.22. The van der Waals surface area contributed by atoms with Gasteiger partial charge in [0, 0.05) is 19.8 Å². The summed E-state index contributed by atoms with van der Waals surface area (Å²) in [4.78, 5) is 6.17. The lowest BCUT2D eigenvalue weighted by Gasteiger charge is -1.90. The first-order valence-corrected chi connectivity index (χ1v) is 2.85. The van der Waals surface area contributed by atoms with Crippen LogP contribution < -0.4 is 5.43 Å². The van der Waals surface area contributed by atoms with E-state index in [0.717, 1.165) is 6.67 Å². The number of hydrogen-bond acceptors (Lipinski definition) is 3. The predicted octanol–water partition coefficient (Wildman–Crippen LogP) is -0.507. The van der Waals surface area contributed by atoms with E-state index in [9.17, 15) is 0 Å². The highest BCUT2D eigenvalue weighted by atomic mass is 15.3. The van der Waals surface area contributed by atoms with E-state index in [4.69, 9.17) is 0 Å². The van der Waals surface area contributed by atoms with E-state index in [1.165, 1.54) is 13.1 Å². The summed E-state index contributed by atoms with van der Waals surface area (Å²) in [6.07, 6.45) is 1.55. The molecule has 1 aliphatic rings. The van der Waals surface area contributed by atoms with E-state index in [2.05, 4.69) is 27.1 Å². The minimum Gasteiger partial charge on any atom is -0.282 e. The van der Waals surface area contributed by atoms with E-state index >= 15 is 0 Å². The molecule has 0 unspecified atom stereocenters. The molecule has 1 N–H and O–H groups in total. The molecule has 0 bridgehead atoms. The summed E-state index contributed by atoms with van der Waals surface area (Å²) in [6, 6.07) is 0. The predicted molar refractivity (Wildman–Crippen MR) is 37.6 cm³/mol. The van der Waals surface area contributed by atoms with E-state index in [1.807, 2.05) is 0 Å². The molecule has 1 aliphatic heterocycles. The van der Waals surface area contributed by atoms with Crippen LogP contribution in [0.2, 0.25) is 0 Å². The summed E-state index contributed by atoms with van der Waals surface area (Å²) >= 11 is 0. The third kappa shape index (κ3) is 2.81. The summed E-state index contributed by atoms with van der Waals surface area (Å²) in [7, 11) is 0. The van der Waals surface area contributed by atoms with Gasteiger partial charge in [0.25, 0.3) is 0 Å². The monoisotopic (exact) mass is 126 g/mol. The highest BCUT2D eigenvalue weighted by molar-refractivity contribution is 5.54. The highest BCUT2D eigenvalue weighted by Crippen LogP contribution is 2.00. The van der Waals surface area contributed by atoms with Crippen LogP contribution >= 0.6 is 0 Å². The van der Waals surface area contributed by atoms with Crippen molar-refractivity contribution in [3.63, 3.8) is 0 Å². The normalized spacial score (nSPS) is 18.2. The fourth-order valence-corrected chi connectivity index (χ4v) is 0.450. The number of nitrogens with zero attached hydrogens (tertiary/aromatic N) is 3. The van der Waals surface area contributed by atoms with Gasteiger partial charge >= 0.3 is 0 Å². The first-order valence-electron chi connectivity index (χ1n) is 2.85. The molecule has 1 heterocycles. The van der Waals surface area contributed by atoms with Crippen molar-refractivity contribution in [1.29, 1.82) is 0 Å². The van der Waals surface area contributed by atoms with Crippen LogP contribution in [0.15, 0.2) is 10.1 Å². The Kier molecular flexibility index (Phi) is 2.21. The van der Waals surface area contributed by atoms with Crippen molar-refractivity contribution in [1.82, 2.24) is 10.3 Å². The second-order valence-electron chi connectivity index (χ2n) is 1.86. The van der Waals surface area contributed by atoms with Crippen molar-refractivity contribution in [3.8, 4) is 0 Å². The maximum atomic E-state index is 3.98. The molecule has 4 nitrogen and oxygen atoms in total. The van der Waals surface area contributed by atoms with Gasteiger partial charge in [-0.1, -0.05) is 0 Å². The van der Waals surface area contributed by atoms with Crippen LogP contribution in [0.5, 0.6) is 0 Å². The van der Waals surface area contributed by atoms with Crippen LogP contribution in [-0.4, -0.2) is 37.7 Å². The van der Waals surface area contributed by atoms with E-state index < -0.39 is 0 Å². The topological polar surface area (TPSA) is 39.8 Å². The molecule has 0 aliphatic carbocycles. The van der Waals surface area contributed by atoms with Crippen LogP contribution in [0.4, 0.5) is 0 Å². The highest BCUT2D eigenvalue weighted by Gasteiger charge is 2.14. The van der Waals surface area contributed by atoms with Crippen LogP contribution in [0.3, 0.4) is 0 Å².